The van der Waals surface area contributed by atoms with Crippen molar-refractivity contribution in [3.05, 3.63) is 23.2 Å². The van der Waals surface area contributed by atoms with Crippen LogP contribution in [0.25, 0.3) is 0 Å². The summed E-state index contributed by atoms with van der Waals surface area (Å²) >= 11 is 6.09. The molecule has 20 heavy (non-hydrogen) atoms. The van der Waals surface area contributed by atoms with Crippen LogP contribution in [0.15, 0.2) is 18.2 Å². The van der Waals surface area contributed by atoms with Gasteiger partial charge in [-0.2, -0.15) is 0 Å². The fourth-order valence-electron chi connectivity index (χ4n) is 1.30. The van der Waals surface area contributed by atoms with E-state index in [0.717, 1.165) is 0 Å². The number of rotatable bonds is 7. The number of carbonyl (C=O) groups excluding carboxylic acids is 1. The lowest BCUT2D eigenvalue weighted by atomic mass is 10.1. The fourth-order valence-corrected chi connectivity index (χ4v) is 1.54. The quantitative estimate of drug-likeness (QED) is 0.787. The smallest absolute Gasteiger partial charge is 0.256 e. The lowest BCUT2D eigenvalue weighted by Gasteiger charge is -2.21. The van der Waals surface area contributed by atoms with E-state index < -0.39 is 5.60 Å². The molecule has 6 heteroatoms. The lowest BCUT2D eigenvalue weighted by Crippen LogP contribution is -2.38. The zero-order valence-electron chi connectivity index (χ0n) is 12.2. The van der Waals surface area contributed by atoms with E-state index in [1.807, 2.05) is 0 Å². The monoisotopic (exact) mass is 301 g/mol. The molecule has 0 spiro atoms. The minimum Gasteiger partial charge on any atom is -0.490 e. The molecular formula is C14H20ClNO4. The van der Waals surface area contributed by atoms with E-state index in [0.29, 0.717) is 29.7 Å². The molecule has 0 radical (unpaired) electrons. The summed E-state index contributed by atoms with van der Waals surface area (Å²) in [6.07, 6.45) is 0. The third-order valence-electron chi connectivity index (χ3n) is 2.79. The van der Waals surface area contributed by atoms with Gasteiger partial charge in [-0.25, -0.2) is 0 Å². The van der Waals surface area contributed by atoms with Crippen LogP contribution >= 0.6 is 11.6 Å². The van der Waals surface area contributed by atoms with E-state index in [1.54, 1.807) is 39.2 Å². The molecule has 112 valence electrons. The highest BCUT2D eigenvalue weighted by Crippen LogP contribution is 2.28. The number of carbonyl (C=O) groups is 1. The van der Waals surface area contributed by atoms with Crippen molar-refractivity contribution in [1.29, 1.82) is 0 Å². The van der Waals surface area contributed by atoms with Gasteiger partial charge in [0.15, 0.2) is 0 Å². The van der Waals surface area contributed by atoms with E-state index in [9.17, 15) is 4.79 Å². The molecule has 1 aromatic carbocycles. The number of halogens is 1. The first kappa shape index (κ1) is 16.8. The van der Waals surface area contributed by atoms with Crippen LogP contribution in [0.1, 0.15) is 13.8 Å². The topological polar surface area (TPSA) is 56.8 Å². The highest BCUT2D eigenvalue weighted by atomic mass is 35.5. The Bertz CT molecular complexity index is 462. The molecule has 0 aliphatic heterocycles. The van der Waals surface area contributed by atoms with Crippen molar-refractivity contribution in [3.8, 4) is 5.75 Å². The predicted molar refractivity (Wildman–Crippen MR) is 78.5 cm³/mol. The standard InChI is InChI=1S/C14H20ClNO4/c1-14(2,19-4)13(17)16-10-5-6-12(11(15)9-10)20-8-7-18-3/h5-6,9H,7-8H2,1-4H3,(H,16,17). The van der Waals surface area contributed by atoms with Crippen LogP contribution in [0.2, 0.25) is 5.02 Å². The van der Waals surface area contributed by atoms with Gasteiger partial charge in [0.1, 0.15) is 18.0 Å². The minimum absolute atomic E-state index is 0.246. The maximum atomic E-state index is 11.9. The van der Waals surface area contributed by atoms with Gasteiger partial charge in [0.25, 0.3) is 5.91 Å². The van der Waals surface area contributed by atoms with E-state index in [2.05, 4.69) is 5.32 Å². The Morgan fingerprint density at radius 2 is 2.00 bits per heavy atom. The third kappa shape index (κ3) is 4.67. The Morgan fingerprint density at radius 3 is 2.55 bits per heavy atom. The molecule has 0 saturated carbocycles. The molecule has 0 heterocycles. The molecule has 0 saturated heterocycles. The molecular weight excluding hydrogens is 282 g/mol. The SMILES string of the molecule is COCCOc1ccc(NC(=O)C(C)(C)OC)cc1Cl. The Hall–Kier alpha value is -1.30. The van der Waals surface area contributed by atoms with Crippen molar-refractivity contribution in [3.63, 3.8) is 0 Å². The molecule has 0 unspecified atom stereocenters. The molecule has 0 aliphatic carbocycles. The second kappa shape index (κ2) is 7.47. The number of methoxy groups -OCH3 is 2. The zero-order chi connectivity index (χ0) is 15.2. The number of hydrogen-bond acceptors (Lipinski definition) is 4. The molecule has 1 amide bonds. The summed E-state index contributed by atoms with van der Waals surface area (Å²) in [6.45, 7) is 4.27. The number of nitrogens with one attached hydrogen (secondary N) is 1. The number of anilines is 1. The van der Waals surface area contributed by atoms with Crippen LogP contribution in [-0.4, -0.2) is 38.9 Å². The number of ether oxygens (including phenoxy) is 3. The maximum absolute atomic E-state index is 11.9. The van der Waals surface area contributed by atoms with Crippen LogP contribution in [0.5, 0.6) is 5.75 Å². The molecule has 0 atom stereocenters. The number of benzene rings is 1. The Morgan fingerprint density at radius 1 is 1.30 bits per heavy atom. The summed E-state index contributed by atoms with van der Waals surface area (Å²) < 4.78 is 15.4. The third-order valence-corrected chi connectivity index (χ3v) is 3.09. The van der Waals surface area contributed by atoms with Gasteiger partial charge in [-0.05, 0) is 32.0 Å². The Labute approximate surface area is 124 Å². The fraction of sp³-hybridized carbons (Fsp3) is 0.500. The predicted octanol–water partition coefficient (Wildman–Crippen LogP) is 2.73. The van der Waals surface area contributed by atoms with Crippen molar-refractivity contribution >= 4 is 23.2 Å². The van der Waals surface area contributed by atoms with E-state index in [-0.39, 0.29) is 5.91 Å². The summed E-state index contributed by atoms with van der Waals surface area (Å²) in [5.41, 5.74) is -0.315. The van der Waals surface area contributed by atoms with Crippen LogP contribution in [0, 0.1) is 0 Å². The summed E-state index contributed by atoms with van der Waals surface area (Å²) in [7, 11) is 3.08. The average Bonchev–Trinajstić information content (AvgIpc) is 2.41. The largest absolute Gasteiger partial charge is 0.490 e. The van der Waals surface area contributed by atoms with Gasteiger partial charge < -0.3 is 19.5 Å². The van der Waals surface area contributed by atoms with E-state index in [1.165, 1.54) is 7.11 Å². The van der Waals surface area contributed by atoms with Crippen LogP contribution in [0.4, 0.5) is 5.69 Å². The molecule has 0 bridgehead atoms. The first-order valence-electron chi connectivity index (χ1n) is 6.18. The second-order valence-corrected chi connectivity index (χ2v) is 5.06. The van der Waals surface area contributed by atoms with Gasteiger partial charge in [0, 0.05) is 19.9 Å². The normalized spacial score (nSPS) is 11.2. The summed E-state index contributed by atoms with van der Waals surface area (Å²) in [5, 5.41) is 3.16. The van der Waals surface area contributed by atoms with Gasteiger partial charge in [0.05, 0.1) is 11.6 Å². The van der Waals surface area contributed by atoms with E-state index in [4.69, 9.17) is 25.8 Å². The number of hydrogen-bond donors (Lipinski definition) is 1. The molecule has 1 aromatic rings. The highest BCUT2D eigenvalue weighted by Gasteiger charge is 2.27. The van der Waals surface area contributed by atoms with E-state index >= 15 is 0 Å². The number of amides is 1. The summed E-state index contributed by atoms with van der Waals surface area (Å²) in [5.74, 6) is 0.303. The van der Waals surface area contributed by atoms with Crippen LogP contribution < -0.4 is 10.1 Å². The highest BCUT2D eigenvalue weighted by molar-refractivity contribution is 6.32. The lowest BCUT2D eigenvalue weighted by molar-refractivity contribution is -0.133. The average molecular weight is 302 g/mol. The van der Waals surface area contributed by atoms with Gasteiger partial charge in [-0.3, -0.25) is 4.79 Å². The molecule has 0 fully saturated rings. The van der Waals surface area contributed by atoms with Crippen LogP contribution in [0.3, 0.4) is 0 Å². The van der Waals surface area contributed by atoms with Gasteiger partial charge >= 0.3 is 0 Å². The minimum atomic E-state index is -0.903. The van der Waals surface area contributed by atoms with Gasteiger partial charge in [-0.15, -0.1) is 0 Å². The first-order chi connectivity index (χ1) is 9.40. The van der Waals surface area contributed by atoms with Gasteiger partial charge in [-0.1, -0.05) is 11.6 Å². The Kier molecular flexibility index (Phi) is 6.26. The van der Waals surface area contributed by atoms with Crippen molar-refractivity contribution in [2.24, 2.45) is 0 Å². The molecule has 1 rings (SSSR count). The van der Waals surface area contributed by atoms with Crippen molar-refractivity contribution in [1.82, 2.24) is 0 Å². The summed E-state index contributed by atoms with van der Waals surface area (Å²) in [4.78, 5) is 11.9. The van der Waals surface area contributed by atoms with Crippen molar-refractivity contribution in [2.45, 2.75) is 19.4 Å². The zero-order valence-corrected chi connectivity index (χ0v) is 12.9. The van der Waals surface area contributed by atoms with Crippen LogP contribution in [-0.2, 0) is 14.3 Å². The van der Waals surface area contributed by atoms with Crippen molar-refractivity contribution in [2.75, 3.05) is 32.8 Å². The summed E-state index contributed by atoms with van der Waals surface area (Å²) in [6, 6.07) is 5.05. The molecule has 1 N–H and O–H groups in total. The molecule has 0 aliphatic rings. The van der Waals surface area contributed by atoms with Gasteiger partial charge in [0.2, 0.25) is 0 Å². The first-order valence-corrected chi connectivity index (χ1v) is 6.56. The second-order valence-electron chi connectivity index (χ2n) is 4.66. The Balaban J connectivity index is 2.70. The molecule has 0 aromatic heterocycles. The molecule has 5 nitrogen and oxygen atoms in total. The van der Waals surface area contributed by atoms with Crippen molar-refractivity contribution < 1.29 is 19.0 Å². The maximum Gasteiger partial charge on any atom is 0.256 e.